The minimum Gasteiger partial charge on any atom is -0.497 e. The third-order valence-electron chi connectivity index (χ3n) is 2.60. The fraction of sp³-hybridized carbons (Fsp3) is 0.143. The van der Waals surface area contributed by atoms with Gasteiger partial charge in [-0.1, -0.05) is 12.7 Å². The smallest absolute Gasteiger partial charge is 0.128 e. The van der Waals surface area contributed by atoms with Gasteiger partial charge in [-0.05, 0) is 29.3 Å². The van der Waals surface area contributed by atoms with Crippen LogP contribution in [0.3, 0.4) is 0 Å². The Labute approximate surface area is 106 Å². The molecule has 0 saturated carbocycles. The zero-order chi connectivity index (χ0) is 13.0. The van der Waals surface area contributed by atoms with Crippen LogP contribution in [0.2, 0.25) is 0 Å². The van der Waals surface area contributed by atoms with Crippen molar-refractivity contribution in [3.63, 3.8) is 0 Å². The maximum atomic E-state index is 8.62. The van der Waals surface area contributed by atoms with E-state index < -0.39 is 0 Å². The van der Waals surface area contributed by atoms with Crippen LogP contribution in [0, 0.1) is 11.3 Å². The molecular formula is C14H13N3O. The molecule has 0 amide bonds. The highest BCUT2D eigenvalue weighted by Gasteiger charge is 2.05. The molecule has 4 nitrogen and oxygen atoms in total. The Hall–Kier alpha value is -2.54. The Kier molecular flexibility index (Phi) is 3.44. The molecule has 2 rings (SSSR count). The molecule has 0 atom stereocenters. The zero-order valence-corrected chi connectivity index (χ0v) is 10.1. The van der Waals surface area contributed by atoms with Crippen LogP contribution in [0.1, 0.15) is 5.56 Å². The third-order valence-corrected chi connectivity index (χ3v) is 2.60. The summed E-state index contributed by atoms with van der Waals surface area (Å²) in [7, 11) is 1.63. The van der Waals surface area contributed by atoms with Crippen molar-refractivity contribution in [2.45, 2.75) is 6.54 Å². The van der Waals surface area contributed by atoms with Crippen molar-refractivity contribution in [3.05, 3.63) is 42.7 Å². The molecule has 0 fully saturated rings. The van der Waals surface area contributed by atoms with E-state index in [1.807, 2.05) is 24.4 Å². The van der Waals surface area contributed by atoms with Crippen molar-refractivity contribution >= 4 is 6.08 Å². The second-order valence-electron chi connectivity index (χ2n) is 3.78. The molecule has 0 spiro atoms. The van der Waals surface area contributed by atoms with Gasteiger partial charge in [0, 0.05) is 11.8 Å². The second-order valence-corrected chi connectivity index (χ2v) is 3.78. The zero-order valence-electron chi connectivity index (χ0n) is 10.1. The lowest BCUT2D eigenvalue weighted by atomic mass is 10.1. The van der Waals surface area contributed by atoms with E-state index in [0.717, 1.165) is 22.4 Å². The van der Waals surface area contributed by atoms with E-state index in [9.17, 15) is 0 Å². The highest BCUT2D eigenvalue weighted by Crippen LogP contribution is 2.26. The maximum Gasteiger partial charge on any atom is 0.128 e. The van der Waals surface area contributed by atoms with Crippen LogP contribution in [0.25, 0.3) is 17.2 Å². The van der Waals surface area contributed by atoms with Crippen molar-refractivity contribution in [2.75, 3.05) is 7.11 Å². The second kappa shape index (κ2) is 5.19. The Bertz CT molecular complexity index is 608. The maximum absolute atomic E-state index is 8.62. The van der Waals surface area contributed by atoms with Gasteiger partial charge in [0.25, 0.3) is 0 Å². The normalized spacial score (nSPS) is 9.78. The van der Waals surface area contributed by atoms with E-state index >= 15 is 0 Å². The molecule has 0 radical (unpaired) electrons. The monoisotopic (exact) mass is 239 g/mol. The van der Waals surface area contributed by atoms with E-state index in [2.05, 4.69) is 17.7 Å². The molecule has 0 unspecified atom stereocenters. The summed E-state index contributed by atoms with van der Waals surface area (Å²) in [4.78, 5) is 0. The first-order valence-corrected chi connectivity index (χ1v) is 5.48. The average Bonchev–Trinajstić information content (AvgIpc) is 2.87. The lowest BCUT2D eigenvalue weighted by Crippen LogP contribution is -1.94. The summed E-state index contributed by atoms with van der Waals surface area (Å²) in [5, 5.41) is 12.7. The van der Waals surface area contributed by atoms with E-state index in [1.54, 1.807) is 24.1 Å². The van der Waals surface area contributed by atoms with Crippen LogP contribution in [-0.2, 0) is 6.54 Å². The van der Waals surface area contributed by atoms with Crippen molar-refractivity contribution in [1.29, 1.82) is 5.26 Å². The first-order valence-electron chi connectivity index (χ1n) is 5.48. The summed E-state index contributed by atoms with van der Waals surface area (Å²) in [6.45, 7) is 4.00. The van der Waals surface area contributed by atoms with Gasteiger partial charge in [-0.25, -0.2) is 0 Å². The largest absolute Gasteiger partial charge is 0.497 e. The number of methoxy groups -OCH3 is 1. The fourth-order valence-electron chi connectivity index (χ4n) is 1.70. The number of rotatable bonds is 4. The van der Waals surface area contributed by atoms with Crippen LogP contribution in [0.4, 0.5) is 0 Å². The van der Waals surface area contributed by atoms with Gasteiger partial charge in [-0.15, -0.1) is 0 Å². The van der Waals surface area contributed by atoms with Gasteiger partial charge in [0.05, 0.1) is 19.4 Å². The predicted molar refractivity (Wildman–Crippen MR) is 69.9 cm³/mol. The van der Waals surface area contributed by atoms with E-state index in [4.69, 9.17) is 10.00 Å². The summed E-state index contributed by atoms with van der Waals surface area (Å²) in [5.74, 6) is 0.774. The molecule has 4 heteroatoms. The van der Waals surface area contributed by atoms with Gasteiger partial charge in [-0.3, -0.25) is 4.68 Å². The molecule has 2 aromatic rings. The topological polar surface area (TPSA) is 50.8 Å². The number of nitrogens with zero attached hydrogens (tertiary/aromatic N) is 3. The molecule has 0 aliphatic carbocycles. The Morgan fingerprint density at radius 2 is 2.28 bits per heavy atom. The van der Waals surface area contributed by atoms with Gasteiger partial charge in [0.15, 0.2) is 0 Å². The molecule has 1 heterocycles. The lowest BCUT2D eigenvalue weighted by molar-refractivity contribution is 0.415. The van der Waals surface area contributed by atoms with Crippen LogP contribution >= 0.6 is 0 Å². The minimum absolute atomic E-state index is 0.248. The highest BCUT2D eigenvalue weighted by molar-refractivity contribution is 5.68. The Balaban J connectivity index is 2.42. The molecule has 0 N–H and O–H groups in total. The number of hydrogen-bond acceptors (Lipinski definition) is 3. The molecule has 1 aromatic carbocycles. The van der Waals surface area contributed by atoms with Gasteiger partial charge in [-0.2, -0.15) is 10.4 Å². The van der Waals surface area contributed by atoms with Crippen molar-refractivity contribution in [1.82, 2.24) is 9.78 Å². The Morgan fingerprint density at radius 1 is 1.44 bits per heavy atom. The number of hydrogen-bond donors (Lipinski definition) is 0. The summed E-state index contributed by atoms with van der Waals surface area (Å²) in [5.41, 5.74) is 2.93. The third kappa shape index (κ3) is 2.41. The molecule has 0 aliphatic rings. The molecule has 1 aromatic heterocycles. The number of nitriles is 1. The number of ether oxygens (including phenoxy) is 1. The van der Waals surface area contributed by atoms with Crippen LogP contribution in [-0.4, -0.2) is 16.9 Å². The lowest BCUT2D eigenvalue weighted by Gasteiger charge is -2.05. The number of benzene rings is 1. The molecule has 0 saturated heterocycles. The Morgan fingerprint density at radius 3 is 2.94 bits per heavy atom. The highest BCUT2D eigenvalue weighted by atomic mass is 16.5. The van der Waals surface area contributed by atoms with Gasteiger partial charge < -0.3 is 4.74 Å². The van der Waals surface area contributed by atoms with E-state index in [1.165, 1.54) is 0 Å². The first kappa shape index (κ1) is 11.9. The van der Waals surface area contributed by atoms with E-state index in [-0.39, 0.29) is 6.54 Å². The van der Waals surface area contributed by atoms with Gasteiger partial charge in [0.2, 0.25) is 0 Å². The molecule has 18 heavy (non-hydrogen) atoms. The molecule has 0 aliphatic heterocycles. The molecule has 90 valence electrons. The van der Waals surface area contributed by atoms with Crippen molar-refractivity contribution in [2.24, 2.45) is 0 Å². The number of aromatic nitrogens is 2. The summed E-state index contributed by atoms with van der Waals surface area (Å²) >= 11 is 0. The first-order chi connectivity index (χ1) is 8.76. The van der Waals surface area contributed by atoms with Crippen molar-refractivity contribution in [3.8, 4) is 22.9 Å². The minimum atomic E-state index is 0.248. The molecule has 0 bridgehead atoms. The predicted octanol–water partition coefficient (Wildman–Crippen LogP) is 2.73. The van der Waals surface area contributed by atoms with Crippen molar-refractivity contribution < 1.29 is 4.74 Å². The van der Waals surface area contributed by atoms with Crippen LogP contribution in [0.15, 0.2) is 37.2 Å². The quantitative estimate of drug-likeness (QED) is 0.824. The fourth-order valence-corrected chi connectivity index (χ4v) is 1.70. The summed E-state index contributed by atoms with van der Waals surface area (Å²) < 4.78 is 6.85. The SMILES string of the molecule is C=Cc1cc(OC)cc(-c2cnn(CC#N)c2)c1. The van der Waals surface area contributed by atoms with E-state index in [0.29, 0.717) is 0 Å². The van der Waals surface area contributed by atoms with Crippen LogP contribution < -0.4 is 4.74 Å². The average molecular weight is 239 g/mol. The van der Waals surface area contributed by atoms with Gasteiger partial charge in [0.1, 0.15) is 12.3 Å². The summed E-state index contributed by atoms with van der Waals surface area (Å²) in [6.07, 6.45) is 5.34. The van der Waals surface area contributed by atoms with Crippen LogP contribution in [0.5, 0.6) is 5.75 Å². The summed E-state index contributed by atoms with van der Waals surface area (Å²) in [6, 6.07) is 7.90. The molecular weight excluding hydrogens is 226 g/mol. The van der Waals surface area contributed by atoms with Gasteiger partial charge >= 0.3 is 0 Å². The standard InChI is InChI=1S/C14H13N3O/c1-3-11-6-12(8-14(7-11)18-2)13-9-16-17(10-13)5-4-15/h3,6-10H,1,5H2,2H3.